The zero-order chi connectivity index (χ0) is 23.4. The van der Waals surface area contributed by atoms with Crippen LogP contribution in [-0.2, 0) is 8.27 Å². The van der Waals surface area contributed by atoms with Gasteiger partial charge in [0.05, 0.1) is 19.7 Å². The van der Waals surface area contributed by atoms with Crippen molar-refractivity contribution in [3.05, 3.63) is 70.2 Å². The van der Waals surface area contributed by atoms with Gasteiger partial charge in [-0.1, -0.05) is 52.3 Å². The third-order valence-corrected chi connectivity index (χ3v) is 7.62. The van der Waals surface area contributed by atoms with Crippen LogP contribution in [0, 0.1) is 13.8 Å². The van der Waals surface area contributed by atoms with E-state index in [1.165, 1.54) is 6.92 Å². The molecule has 4 rings (SSSR count). The van der Waals surface area contributed by atoms with Crippen LogP contribution in [0.2, 0.25) is 0 Å². The van der Waals surface area contributed by atoms with Crippen LogP contribution >= 0.6 is 30.7 Å². The third kappa shape index (κ3) is 4.25. The van der Waals surface area contributed by atoms with Gasteiger partial charge in [-0.25, -0.2) is 8.42 Å². The first-order chi connectivity index (χ1) is 14.9. The molecular formula is C23H15Br2F3O3S. The number of aryl methyl sites for hydroxylation is 2. The average molecular weight is 588 g/mol. The fourth-order valence-electron chi connectivity index (χ4n) is 4.03. The van der Waals surface area contributed by atoms with E-state index in [4.69, 9.17) is 0 Å². The number of ether oxygens (including phenoxy) is 1. The largest absolute Gasteiger partial charge is 0.573 e. The monoisotopic (exact) mass is 586 g/mol. The van der Waals surface area contributed by atoms with E-state index in [0.717, 1.165) is 4.47 Å². The zero-order valence-electron chi connectivity index (χ0n) is 16.7. The molecule has 0 saturated heterocycles. The van der Waals surface area contributed by atoms with Crippen LogP contribution in [0.3, 0.4) is 0 Å². The molecule has 0 aliphatic carbocycles. The summed E-state index contributed by atoms with van der Waals surface area (Å²) < 4.78 is 71.2. The molecular weight excluding hydrogens is 573 g/mol. The maximum atomic E-state index is 13.5. The molecule has 0 unspecified atom stereocenters. The molecule has 0 amide bonds. The molecule has 0 aliphatic rings. The Balaban J connectivity index is 2.32. The Kier molecular flexibility index (Phi) is 5.80. The van der Waals surface area contributed by atoms with Crippen LogP contribution in [-0.4, -0.2) is 14.8 Å². The topological polar surface area (TPSA) is 43.4 Å². The molecule has 0 atom stereocenters. The molecule has 0 aliphatic heterocycles. The molecule has 4 aromatic rings. The second-order valence-electron chi connectivity index (χ2n) is 7.37. The number of rotatable bonds is 3. The highest BCUT2D eigenvalue weighted by molar-refractivity contribution is 9.47. The predicted octanol–water partition coefficient (Wildman–Crippen LogP) is 8.02. The summed E-state index contributed by atoms with van der Waals surface area (Å²) in [6.45, 7) is 3.12. The molecule has 0 heterocycles. The van der Waals surface area contributed by atoms with Crippen molar-refractivity contribution in [1.29, 1.82) is 0 Å². The smallest absolute Gasteiger partial charge is 0.405 e. The second kappa shape index (κ2) is 8.04. The Hall–Kier alpha value is -2.10. The minimum atomic E-state index is -4.96. The molecule has 0 spiro atoms. The Morgan fingerprint density at radius 3 is 2.12 bits per heavy atom. The lowest BCUT2D eigenvalue weighted by molar-refractivity contribution is -0.274. The Labute approximate surface area is 198 Å². The molecule has 0 bridgehead atoms. The molecule has 0 fully saturated rings. The van der Waals surface area contributed by atoms with Crippen LogP contribution in [0.15, 0.2) is 64.0 Å². The van der Waals surface area contributed by atoms with E-state index < -0.39 is 20.4 Å². The standard InChI is InChI=1S/C23H15Br2F3O3S/c1-12-9-15-11-16(24)7-8-18(15)19(21(12)31-23(26,27)28)20-17-6-4-3-5-14(17)10-13(2)22(20)32(25,29)30/h3-11H,1-2H3. The molecule has 3 nitrogen and oxygen atoms in total. The summed E-state index contributed by atoms with van der Waals surface area (Å²) in [5.41, 5.74) is 0.863. The highest BCUT2D eigenvalue weighted by Crippen LogP contribution is 2.48. The SMILES string of the molecule is Cc1cc2cc(Br)ccc2c(-c2c(S(=O)(=O)Br)c(C)cc3ccccc23)c1OC(F)(F)F. The summed E-state index contributed by atoms with van der Waals surface area (Å²) in [5, 5.41) is 2.28. The summed E-state index contributed by atoms with van der Waals surface area (Å²) in [6.07, 6.45) is -4.96. The van der Waals surface area contributed by atoms with Gasteiger partial charge in [0.25, 0.3) is 0 Å². The summed E-state index contributed by atoms with van der Waals surface area (Å²) in [7, 11) is -3.99. The van der Waals surface area contributed by atoms with Gasteiger partial charge in [0.15, 0.2) is 0 Å². The van der Waals surface area contributed by atoms with Gasteiger partial charge in [-0.2, -0.15) is 0 Å². The molecule has 0 N–H and O–H groups in total. The van der Waals surface area contributed by atoms with Crippen molar-refractivity contribution < 1.29 is 26.3 Å². The summed E-state index contributed by atoms with van der Waals surface area (Å²) in [5.74, 6) is -0.430. The third-order valence-electron chi connectivity index (χ3n) is 5.14. The van der Waals surface area contributed by atoms with E-state index in [2.05, 4.69) is 35.5 Å². The molecule has 9 heteroatoms. The van der Waals surface area contributed by atoms with E-state index in [1.807, 2.05) is 0 Å². The number of fused-ring (bicyclic) bond motifs is 2. The van der Waals surface area contributed by atoms with Crippen molar-refractivity contribution in [2.45, 2.75) is 25.1 Å². The Morgan fingerprint density at radius 2 is 1.47 bits per heavy atom. The summed E-state index contributed by atoms with van der Waals surface area (Å²) >= 11 is 6.14. The maximum absolute atomic E-state index is 13.5. The lowest BCUT2D eigenvalue weighted by Gasteiger charge is -2.22. The Bertz CT molecular complexity index is 1500. The molecule has 32 heavy (non-hydrogen) atoms. The normalized spacial score (nSPS) is 12.5. The first-order valence-electron chi connectivity index (χ1n) is 9.33. The van der Waals surface area contributed by atoms with Crippen molar-refractivity contribution in [3.8, 4) is 16.9 Å². The van der Waals surface area contributed by atoms with Crippen molar-refractivity contribution in [2.75, 3.05) is 0 Å². The number of alkyl halides is 3. The van der Waals surface area contributed by atoms with Crippen LogP contribution in [0.1, 0.15) is 11.1 Å². The van der Waals surface area contributed by atoms with Gasteiger partial charge in [0, 0.05) is 15.6 Å². The highest BCUT2D eigenvalue weighted by atomic mass is 79.9. The van der Waals surface area contributed by atoms with Crippen LogP contribution in [0.4, 0.5) is 13.2 Å². The minimum Gasteiger partial charge on any atom is -0.405 e. The van der Waals surface area contributed by atoms with Gasteiger partial charge < -0.3 is 4.74 Å². The van der Waals surface area contributed by atoms with Gasteiger partial charge in [0.2, 0.25) is 8.27 Å². The number of benzene rings is 4. The van der Waals surface area contributed by atoms with Gasteiger partial charge in [-0.15, -0.1) is 13.2 Å². The number of hydrogen-bond donors (Lipinski definition) is 0. The van der Waals surface area contributed by atoms with Crippen molar-refractivity contribution in [3.63, 3.8) is 0 Å². The van der Waals surface area contributed by atoms with Gasteiger partial charge in [-0.3, -0.25) is 0 Å². The molecule has 0 aromatic heterocycles. The average Bonchev–Trinajstić information content (AvgIpc) is 2.66. The fourth-order valence-corrected chi connectivity index (χ4v) is 6.56. The zero-order valence-corrected chi connectivity index (χ0v) is 20.7. The second-order valence-corrected chi connectivity index (χ2v) is 12.1. The molecule has 0 radical (unpaired) electrons. The first-order valence-corrected chi connectivity index (χ1v) is 13.4. The van der Waals surface area contributed by atoms with Crippen molar-refractivity contribution in [1.82, 2.24) is 0 Å². The molecule has 4 aromatic carbocycles. The summed E-state index contributed by atoms with van der Waals surface area (Å²) in [6, 6.07) is 15.4. The van der Waals surface area contributed by atoms with Crippen LogP contribution < -0.4 is 4.74 Å². The predicted molar refractivity (Wildman–Crippen MR) is 127 cm³/mol. The van der Waals surface area contributed by atoms with E-state index in [1.54, 1.807) is 61.5 Å². The van der Waals surface area contributed by atoms with Crippen molar-refractivity contribution >= 4 is 60.6 Å². The fraction of sp³-hybridized carbons (Fsp3) is 0.130. The summed E-state index contributed by atoms with van der Waals surface area (Å²) in [4.78, 5) is -0.0990. The van der Waals surface area contributed by atoms with E-state index in [-0.39, 0.29) is 21.6 Å². The molecule has 166 valence electrons. The van der Waals surface area contributed by atoms with E-state index >= 15 is 0 Å². The van der Waals surface area contributed by atoms with Crippen LogP contribution in [0.5, 0.6) is 5.75 Å². The number of hydrogen-bond acceptors (Lipinski definition) is 3. The van der Waals surface area contributed by atoms with E-state index in [9.17, 15) is 21.6 Å². The molecule has 0 saturated carbocycles. The Morgan fingerprint density at radius 1 is 0.844 bits per heavy atom. The quantitative estimate of drug-likeness (QED) is 0.228. The van der Waals surface area contributed by atoms with Gasteiger partial charge in [0.1, 0.15) is 5.75 Å². The van der Waals surface area contributed by atoms with Crippen LogP contribution in [0.25, 0.3) is 32.7 Å². The van der Waals surface area contributed by atoms with E-state index in [0.29, 0.717) is 27.1 Å². The van der Waals surface area contributed by atoms with Crippen molar-refractivity contribution in [2.24, 2.45) is 0 Å². The first kappa shape index (κ1) is 23.1. The van der Waals surface area contributed by atoms with Gasteiger partial charge >= 0.3 is 6.36 Å². The lowest BCUT2D eigenvalue weighted by atomic mass is 9.90. The maximum Gasteiger partial charge on any atom is 0.573 e. The number of halogens is 5. The minimum absolute atomic E-state index is 0.0720. The highest BCUT2D eigenvalue weighted by Gasteiger charge is 2.35. The van der Waals surface area contributed by atoms with Gasteiger partial charge in [-0.05, 0) is 64.7 Å². The lowest BCUT2D eigenvalue weighted by Crippen LogP contribution is -2.18.